The number of benzene rings is 7. The van der Waals surface area contributed by atoms with Gasteiger partial charge in [-0.2, -0.15) is 0 Å². The van der Waals surface area contributed by atoms with Gasteiger partial charge in [0, 0.05) is 22.4 Å². The second-order valence-electron chi connectivity index (χ2n) is 18.0. The SMILES string of the molecule is CC1(C)c2cc(N(c3ccc(C45CC6CC(CC(C6)C4)C5)cc3)c3ccccc3-c3ccccc3-c3ccccc3)ccc2-c2c(-c3ccccc3)cccc21. The van der Waals surface area contributed by atoms with E-state index in [4.69, 9.17) is 0 Å². The minimum Gasteiger partial charge on any atom is -0.310 e. The fraction of sp³-hybridized carbons (Fsp3) is 0.236. The highest BCUT2D eigenvalue weighted by molar-refractivity contribution is 5.96. The van der Waals surface area contributed by atoms with E-state index < -0.39 is 0 Å². The summed E-state index contributed by atoms with van der Waals surface area (Å²) in [5, 5.41) is 0. The van der Waals surface area contributed by atoms with Crippen LogP contribution in [0.1, 0.15) is 69.1 Å². The fourth-order valence-electron chi connectivity index (χ4n) is 12.1. The lowest BCUT2D eigenvalue weighted by atomic mass is 9.48. The molecule has 0 aromatic heterocycles. The zero-order valence-corrected chi connectivity index (χ0v) is 32.6. The molecule has 1 heteroatoms. The summed E-state index contributed by atoms with van der Waals surface area (Å²) in [7, 11) is 0. The van der Waals surface area contributed by atoms with Gasteiger partial charge in [0.15, 0.2) is 0 Å². The molecule has 0 heterocycles. The zero-order chi connectivity index (χ0) is 37.4. The summed E-state index contributed by atoms with van der Waals surface area (Å²) in [4.78, 5) is 2.54. The van der Waals surface area contributed by atoms with E-state index in [2.05, 4.69) is 189 Å². The lowest BCUT2D eigenvalue weighted by Gasteiger charge is -2.57. The summed E-state index contributed by atoms with van der Waals surface area (Å²) in [6, 6.07) is 63.8. The maximum atomic E-state index is 2.54. The van der Waals surface area contributed by atoms with Crippen molar-refractivity contribution in [3.05, 3.63) is 187 Å². The van der Waals surface area contributed by atoms with Crippen molar-refractivity contribution in [3.63, 3.8) is 0 Å². The van der Waals surface area contributed by atoms with E-state index in [1.54, 1.807) is 5.56 Å². The average molecular weight is 724 g/mol. The third kappa shape index (κ3) is 5.35. The lowest BCUT2D eigenvalue weighted by molar-refractivity contribution is -0.00518. The van der Waals surface area contributed by atoms with E-state index in [0.29, 0.717) is 5.41 Å². The Labute approximate surface area is 332 Å². The van der Waals surface area contributed by atoms with Crippen LogP contribution in [-0.2, 0) is 10.8 Å². The van der Waals surface area contributed by atoms with E-state index >= 15 is 0 Å². The number of fused-ring (bicyclic) bond motifs is 3. The highest BCUT2D eigenvalue weighted by Gasteiger charge is 2.51. The molecule has 4 saturated carbocycles. The van der Waals surface area contributed by atoms with Gasteiger partial charge < -0.3 is 4.90 Å². The van der Waals surface area contributed by atoms with Crippen molar-refractivity contribution in [3.8, 4) is 44.5 Å². The fourth-order valence-corrected chi connectivity index (χ4v) is 12.1. The Hall–Kier alpha value is -5.66. The monoisotopic (exact) mass is 723 g/mol. The molecule has 0 spiro atoms. The van der Waals surface area contributed by atoms with Crippen molar-refractivity contribution < 1.29 is 0 Å². The van der Waals surface area contributed by atoms with E-state index in [9.17, 15) is 0 Å². The molecule has 0 unspecified atom stereocenters. The first-order valence-electron chi connectivity index (χ1n) is 20.9. The topological polar surface area (TPSA) is 3.24 Å². The van der Waals surface area contributed by atoms with E-state index in [1.165, 1.54) is 111 Å². The Morgan fingerprint density at radius 1 is 0.429 bits per heavy atom. The zero-order valence-electron chi connectivity index (χ0n) is 32.6. The van der Waals surface area contributed by atoms with Crippen molar-refractivity contribution in [1.82, 2.24) is 0 Å². The van der Waals surface area contributed by atoms with Crippen LogP contribution >= 0.6 is 0 Å². The minimum absolute atomic E-state index is 0.154. The number of para-hydroxylation sites is 1. The molecule has 0 N–H and O–H groups in total. The molecule has 56 heavy (non-hydrogen) atoms. The molecular weight excluding hydrogens is 675 g/mol. The summed E-state index contributed by atoms with van der Waals surface area (Å²) >= 11 is 0. The maximum absolute atomic E-state index is 2.54. The predicted octanol–water partition coefficient (Wildman–Crippen LogP) is 14.9. The van der Waals surface area contributed by atoms with Crippen molar-refractivity contribution in [2.24, 2.45) is 17.8 Å². The largest absolute Gasteiger partial charge is 0.310 e. The second-order valence-corrected chi connectivity index (χ2v) is 18.0. The standard InChI is InChI=1S/C55H49N/c1-54(2)50-22-13-21-46(41-16-7-4-8-17-41)53(50)49-29-28-44(33-51(49)54)56(43-26-24-42(25-27-43)55-34-37-30-38(35-55)32-39(31-37)36-55)52-23-12-11-20-48(52)47-19-10-9-18-45(47)40-14-5-3-6-15-40/h3-29,33,37-39H,30-32,34-36H2,1-2H3. The molecule has 4 bridgehead atoms. The highest BCUT2D eigenvalue weighted by Crippen LogP contribution is 2.61. The molecule has 0 radical (unpaired) electrons. The van der Waals surface area contributed by atoms with Crippen LogP contribution in [0.4, 0.5) is 17.1 Å². The summed E-state index contributed by atoms with van der Waals surface area (Å²) in [5.41, 5.74) is 18.4. The molecule has 5 aliphatic carbocycles. The molecule has 7 aromatic carbocycles. The highest BCUT2D eigenvalue weighted by atomic mass is 15.1. The van der Waals surface area contributed by atoms with Gasteiger partial charge in [-0.15, -0.1) is 0 Å². The minimum atomic E-state index is -0.154. The quantitative estimate of drug-likeness (QED) is 0.158. The van der Waals surface area contributed by atoms with E-state index in [-0.39, 0.29) is 5.41 Å². The van der Waals surface area contributed by atoms with Gasteiger partial charge in [-0.3, -0.25) is 0 Å². The van der Waals surface area contributed by atoms with Gasteiger partial charge in [-0.25, -0.2) is 0 Å². The van der Waals surface area contributed by atoms with Crippen LogP contribution in [0.3, 0.4) is 0 Å². The Morgan fingerprint density at radius 3 is 1.62 bits per heavy atom. The Balaban J connectivity index is 1.08. The van der Waals surface area contributed by atoms with Crippen LogP contribution in [0.15, 0.2) is 170 Å². The molecule has 4 fully saturated rings. The van der Waals surface area contributed by atoms with Gasteiger partial charge in [0.1, 0.15) is 0 Å². The lowest BCUT2D eigenvalue weighted by Crippen LogP contribution is -2.48. The number of hydrogen-bond donors (Lipinski definition) is 0. The van der Waals surface area contributed by atoms with Gasteiger partial charge in [0.2, 0.25) is 0 Å². The maximum Gasteiger partial charge on any atom is 0.0540 e. The van der Waals surface area contributed by atoms with Crippen LogP contribution in [0, 0.1) is 17.8 Å². The number of rotatable bonds is 7. The molecular formula is C55H49N. The van der Waals surface area contributed by atoms with Crippen LogP contribution in [0.25, 0.3) is 44.5 Å². The van der Waals surface area contributed by atoms with Gasteiger partial charge >= 0.3 is 0 Å². The second kappa shape index (κ2) is 13.0. The number of anilines is 3. The summed E-state index contributed by atoms with van der Waals surface area (Å²) < 4.78 is 0. The smallest absolute Gasteiger partial charge is 0.0540 e. The first kappa shape index (κ1) is 33.7. The average Bonchev–Trinajstić information content (AvgIpc) is 3.47. The third-order valence-electron chi connectivity index (χ3n) is 14.2. The third-order valence-corrected chi connectivity index (χ3v) is 14.2. The van der Waals surface area contributed by atoms with Crippen molar-refractivity contribution in [2.75, 3.05) is 4.90 Å². The molecule has 5 aliphatic rings. The molecule has 0 amide bonds. The molecule has 0 saturated heterocycles. The van der Waals surface area contributed by atoms with Crippen LogP contribution in [0.5, 0.6) is 0 Å². The van der Waals surface area contributed by atoms with E-state index in [1.807, 2.05) is 0 Å². The van der Waals surface area contributed by atoms with Crippen molar-refractivity contribution >= 4 is 17.1 Å². The molecule has 0 aliphatic heterocycles. The van der Waals surface area contributed by atoms with Gasteiger partial charge in [-0.05, 0) is 148 Å². The molecule has 274 valence electrons. The van der Waals surface area contributed by atoms with Crippen LogP contribution < -0.4 is 4.90 Å². The Morgan fingerprint density at radius 2 is 0.964 bits per heavy atom. The number of hydrogen-bond acceptors (Lipinski definition) is 1. The molecule has 7 aromatic rings. The first-order valence-corrected chi connectivity index (χ1v) is 20.9. The first-order chi connectivity index (χ1) is 27.4. The van der Waals surface area contributed by atoms with Gasteiger partial charge in [0.05, 0.1) is 5.69 Å². The van der Waals surface area contributed by atoms with Gasteiger partial charge in [0.25, 0.3) is 0 Å². The van der Waals surface area contributed by atoms with Crippen molar-refractivity contribution in [1.29, 1.82) is 0 Å². The summed E-state index contributed by atoms with van der Waals surface area (Å²) in [6.07, 6.45) is 8.55. The molecule has 1 nitrogen and oxygen atoms in total. The molecule has 0 atom stereocenters. The Bertz CT molecular complexity index is 2540. The van der Waals surface area contributed by atoms with Crippen LogP contribution in [0.2, 0.25) is 0 Å². The Kier molecular flexibility index (Phi) is 7.79. The number of nitrogens with zero attached hydrogens (tertiary/aromatic N) is 1. The normalized spacial score (nSPS) is 22.4. The summed E-state index contributed by atoms with van der Waals surface area (Å²) in [6.45, 7) is 4.82. The van der Waals surface area contributed by atoms with Gasteiger partial charge in [-0.1, -0.05) is 153 Å². The summed E-state index contributed by atoms with van der Waals surface area (Å²) in [5.74, 6) is 2.78. The van der Waals surface area contributed by atoms with Crippen molar-refractivity contribution in [2.45, 2.75) is 63.2 Å². The van der Waals surface area contributed by atoms with Crippen LogP contribution in [-0.4, -0.2) is 0 Å². The van der Waals surface area contributed by atoms with E-state index in [0.717, 1.165) is 17.8 Å². The predicted molar refractivity (Wildman–Crippen MR) is 235 cm³/mol. The molecule has 12 rings (SSSR count).